The molecule has 3 aromatic heterocycles. The zero-order valence-corrected chi connectivity index (χ0v) is 28.4. The Morgan fingerprint density at radius 2 is 1.84 bits per heavy atom. The van der Waals surface area contributed by atoms with Crippen LogP contribution in [-0.4, -0.2) is 57.3 Å². The fourth-order valence-corrected chi connectivity index (χ4v) is 6.53. The van der Waals surface area contributed by atoms with Crippen LogP contribution in [-0.2, 0) is 30.8 Å². The van der Waals surface area contributed by atoms with E-state index in [1.807, 2.05) is 31.2 Å². The molecule has 0 spiro atoms. The van der Waals surface area contributed by atoms with Crippen LogP contribution in [0.2, 0.25) is 5.02 Å². The Kier molecular flexibility index (Phi) is 10.1. The summed E-state index contributed by atoms with van der Waals surface area (Å²) in [6, 6.07) is 13.8. The summed E-state index contributed by atoms with van der Waals surface area (Å²) >= 11 is 7.01. The number of aliphatic hydroxyl groups is 1. The van der Waals surface area contributed by atoms with Gasteiger partial charge < -0.3 is 25.6 Å². The van der Waals surface area contributed by atoms with Gasteiger partial charge in [-0.05, 0) is 67.5 Å². The van der Waals surface area contributed by atoms with Gasteiger partial charge in [0.15, 0.2) is 0 Å². The number of aryl methyl sites for hydroxylation is 2. The van der Waals surface area contributed by atoms with E-state index in [0.29, 0.717) is 41.1 Å². The van der Waals surface area contributed by atoms with Gasteiger partial charge in [0.05, 0.1) is 42.1 Å². The van der Waals surface area contributed by atoms with Crippen molar-refractivity contribution < 1.29 is 27.8 Å². The molecule has 50 heavy (non-hydrogen) atoms. The van der Waals surface area contributed by atoms with E-state index >= 15 is 0 Å². The number of benzene rings is 2. The number of aliphatic hydroxyl groups excluding tert-OH is 1. The normalized spacial score (nSPS) is 17.2. The molecule has 0 amide bonds. The fourth-order valence-electron chi connectivity index (χ4n) is 6.21. The number of hydrogen-bond acceptors (Lipinski definition) is 9. The van der Waals surface area contributed by atoms with Crippen LogP contribution in [0.4, 0.5) is 24.7 Å². The molecule has 2 aromatic carbocycles. The lowest BCUT2D eigenvalue weighted by atomic mass is 9.96. The number of nitrogens with one attached hydrogen (secondary N) is 1. The van der Waals surface area contributed by atoms with E-state index in [0.717, 1.165) is 58.7 Å². The summed E-state index contributed by atoms with van der Waals surface area (Å²) in [6.45, 7) is 2.92. The highest BCUT2D eigenvalue weighted by molar-refractivity contribution is 6.36. The molecule has 1 aliphatic carbocycles. The van der Waals surface area contributed by atoms with E-state index < -0.39 is 23.5 Å². The summed E-state index contributed by atoms with van der Waals surface area (Å²) in [4.78, 5) is 21.5. The van der Waals surface area contributed by atoms with Crippen LogP contribution >= 0.6 is 11.6 Å². The molecule has 1 fully saturated rings. The highest BCUT2D eigenvalue weighted by Gasteiger charge is 2.34. The summed E-state index contributed by atoms with van der Waals surface area (Å²) in [6.07, 6.45) is -0.243. The third-order valence-electron chi connectivity index (χ3n) is 8.99. The number of rotatable bonds is 5. The topological polar surface area (TPSA) is 137 Å². The van der Waals surface area contributed by atoms with Gasteiger partial charge in [0, 0.05) is 47.5 Å². The molecular weight excluding hydrogens is 673 g/mol. The summed E-state index contributed by atoms with van der Waals surface area (Å²) in [7, 11) is 3.04. The van der Waals surface area contributed by atoms with Crippen LogP contribution in [0.5, 0.6) is 5.88 Å². The summed E-state index contributed by atoms with van der Waals surface area (Å²) < 4.78 is 52.7. The Morgan fingerprint density at radius 1 is 1.10 bits per heavy atom. The highest BCUT2D eigenvalue weighted by Crippen LogP contribution is 2.41. The largest absolute Gasteiger partial charge is 0.481 e. The number of halogens is 4. The number of anilines is 2. The minimum Gasteiger partial charge on any atom is -0.481 e. The smallest absolute Gasteiger partial charge is 0.433 e. The quantitative estimate of drug-likeness (QED) is 0.190. The average molecular weight is 709 g/mol. The van der Waals surface area contributed by atoms with Crippen molar-refractivity contribution in [2.45, 2.75) is 50.9 Å². The van der Waals surface area contributed by atoms with Gasteiger partial charge in [0.1, 0.15) is 11.5 Å². The first-order chi connectivity index (χ1) is 23.9. The summed E-state index contributed by atoms with van der Waals surface area (Å²) in [5.74, 6) is 0.392. The lowest BCUT2D eigenvalue weighted by Crippen LogP contribution is -2.42. The maximum absolute atomic E-state index is 13.7. The number of nitrogens with zero attached hydrogens (tertiary/aromatic N) is 4. The van der Waals surface area contributed by atoms with Gasteiger partial charge in [-0.25, -0.2) is 14.6 Å². The molecule has 2 aliphatic rings. The van der Waals surface area contributed by atoms with E-state index in [9.17, 15) is 18.0 Å². The second kappa shape index (κ2) is 14.4. The molecule has 5 aromatic rings. The molecule has 1 saturated heterocycles. The highest BCUT2D eigenvalue weighted by atomic mass is 35.5. The molecule has 4 N–H and O–H groups in total. The number of nitrogens with two attached hydrogens (primary N) is 1. The van der Waals surface area contributed by atoms with Crippen LogP contribution < -0.4 is 21.3 Å². The van der Waals surface area contributed by atoms with Gasteiger partial charge in [-0.3, -0.25) is 4.79 Å². The summed E-state index contributed by atoms with van der Waals surface area (Å²) in [5.41, 5.74) is 10.2. The maximum atomic E-state index is 13.7. The second-order valence-corrected chi connectivity index (χ2v) is 12.6. The van der Waals surface area contributed by atoms with Crippen LogP contribution in [0.25, 0.3) is 33.2 Å². The lowest BCUT2D eigenvalue weighted by Gasteiger charge is -2.23. The van der Waals surface area contributed by atoms with E-state index in [1.165, 1.54) is 18.8 Å². The van der Waals surface area contributed by atoms with Gasteiger partial charge in [-0.15, -0.1) is 0 Å². The minimum absolute atomic E-state index is 0.00182. The first-order valence-electron chi connectivity index (χ1n) is 16.1. The Balaban J connectivity index is 0.000000477. The van der Waals surface area contributed by atoms with Gasteiger partial charge >= 0.3 is 6.18 Å². The number of ether oxygens (including phenoxy) is 2. The van der Waals surface area contributed by atoms with Crippen LogP contribution in [0.1, 0.15) is 35.2 Å². The number of alkyl halides is 3. The summed E-state index contributed by atoms with van der Waals surface area (Å²) in [5, 5.41) is 16.3. The first kappa shape index (κ1) is 35.3. The molecule has 0 bridgehead atoms. The Morgan fingerprint density at radius 3 is 2.54 bits per heavy atom. The van der Waals surface area contributed by atoms with E-state index in [2.05, 4.69) is 21.5 Å². The van der Waals surface area contributed by atoms with E-state index in [1.54, 1.807) is 19.2 Å². The molecule has 14 heteroatoms. The molecule has 10 nitrogen and oxygen atoms in total. The molecule has 0 radical (unpaired) electrons. The monoisotopic (exact) mass is 708 g/mol. The maximum Gasteiger partial charge on any atom is 0.433 e. The van der Waals surface area contributed by atoms with Gasteiger partial charge in [-0.1, -0.05) is 41.9 Å². The Bertz CT molecular complexity index is 2110. The van der Waals surface area contributed by atoms with Crippen molar-refractivity contribution in [1.82, 2.24) is 19.7 Å². The van der Waals surface area contributed by atoms with Gasteiger partial charge in [0.25, 0.3) is 5.56 Å². The van der Waals surface area contributed by atoms with Gasteiger partial charge in [0.2, 0.25) is 5.88 Å². The van der Waals surface area contributed by atoms with Crippen molar-refractivity contribution >= 4 is 33.9 Å². The van der Waals surface area contributed by atoms with Crippen LogP contribution in [0.15, 0.2) is 59.5 Å². The molecule has 0 saturated carbocycles. The molecule has 262 valence electrons. The lowest BCUT2D eigenvalue weighted by molar-refractivity contribution is -0.141. The predicted molar refractivity (Wildman–Crippen MR) is 186 cm³/mol. The van der Waals surface area contributed by atoms with Crippen LogP contribution in [0.3, 0.4) is 0 Å². The van der Waals surface area contributed by atoms with Crippen molar-refractivity contribution in [2.24, 2.45) is 12.8 Å². The zero-order valence-electron chi connectivity index (χ0n) is 27.6. The number of aromatic nitrogens is 4. The predicted octanol–water partition coefficient (Wildman–Crippen LogP) is 6.37. The first-order valence-corrected chi connectivity index (χ1v) is 16.4. The van der Waals surface area contributed by atoms with Crippen molar-refractivity contribution in [3.8, 4) is 28.3 Å². The zero-order chi connectivity index (χ0) is 35.7. The molecule has 2 atom stereocenters. The third kappa shape index (κ3) is 7.04. The van der Waals surface area contributed by atoms with Gasteiger partial charge in [-0.2, -0.15) is 18.3 Å². The average Bonchev–Trinajstić information content (AvgIpc) is 3.57. The van der Waals surface area contributed by atoms with Crippen molar-refractivity contribution in [1.29, 1.82) is 0 Å². The number of hydrogen-bond donors (Lipinski definition) is 3. The Hall–Kier alpha value is -4.56. The molecule has 1 aliphatic heterocycles. The van der Waals surface area contributed by atoms with Crippen molar-refractivity contribution in [2.75, 3.05) is 25.6 Å². The van der Waals surface area contributed by atoms with E-state index in [4.69, 9.17) is 36.9 Å². The fraction of sp³-hybridized carbons (Fsp3) is 0.333. The minimum atomic E-state index is -4.72. The third-order valence-corrected chi connectivity index (χ3v) is 9.40. The molecule has 7 rings (SSSR count). The molecular formula is C36H36ClF3N6O4. The number of fused-ring (bicyclic) bond motifs is 2. The standard InChI is InChI=1S/C31H25ClF3N5O2.C5H11NO2/c1-16-19(21-10-5-11-22(27(21)32)24-13-17-7-4-9-20(17)29(38-24)42-3)8-6-12-23(16)37-28-26-18(15-36-40(2)30(26)41)14-25(39-28)31(33,34)35;6-4-1-2-8-3-5(4)7/h5-6,8,10-15H,4,7,9H2,1-3H3,(H,37,39);4-5,7H,1-3,6H2. The van der Waals surface area contributed by atoms with E-state index in [-0.39, 0.29) is 22.6 Å². The molecule has 2 unspecified atom stereocenters. The SMILES string of the molecule is COc1nc(-c2cccc(-c3cccc(Nc4nc(C(F)(F)F)cc5cnn(C)c(=O)c45)c3C)c2Cl)cc2c1CCC2.NC1CCOCC1O. The number of pyridine rings is 2. The van der Waals surface area contributed by atoms with Crippen LogP contribution in [0, 0.1) is 6.92 Å². The van der Waals surface area contributed by atoms with Crippen molar-refractivity contribution in [3.05, 3.63) is 92.5 Å². The van der Waals surface area contributed by atoms with Crippen molar-refractivity contribution in [3.63, 3.8) is 0 Å². The molecule has 4 heterocycles. The number of methoxy groups -OCH3 is 1. The Labute approximate surface area is 291 Å². The second-order valence-electron chi connectivity index (χ2n) is 12.3.